The van der Waals surface area contributed by atoms with E-state index >= 15 is 0 Å². The lowest BCUT2D eigenvalue weighted by Gasteiger charge is -2.21. The van der Waals surface area contributed by atoms with Gasteiger partial charge in [-0.1, -0.05) is 30.7 Å². The zero-order chi connectivity index (χ0) is 15.2. The summed E-state index contributed by atoms with van der Waals surface area (Å²) in [5.74, 6) is 0.810. The number of hydrogen-bond donors (Lipinski definition) is 1. The van der Waals surface area contributed by atoms with Crippen LogP contribution in [0.4, 0.5) is 11.4 Å². The van der Waals surface area contributed by atoms with E-state index in [-0.39, 0.29) is 0 Å². The number of hydrogen-bond acceptors (Lipinski definition) is 3. The third kappa shape index (κ3) is 4.57. The number of ether oxygens (including phenoxy) is 1. The maximum atomic E-state index is 6.02. The Kier molecular flexibility index (Phi) is 5.34. The highest BCUT2D eigenvalue weighted by atomic mass is 35.5. The second-order valence-electron chi connectivity index (χ2n) is 5.09. The van der Waals surface area contributed by atoms with Gasteiger partial charge in [0.25, 0.3) is 0 Å². The van der Waals surface area contributed by atoms with Crippen LogP contribution in [0, 0.1) is 0 Å². The van der Waals surface area contributed by atoms with Crippen LogP contribution in [-0.2, 0) is 6.54 Å². The summed E-state index contributed by atoms with van der Waals surface area (Å²) in [6.07, 6.45) is 0.975. The number of nitrogens with zero attached hydrogens (tertiary/aromatic N) is 1. The van der Waals surface area contributed by atoms with E-state index < -0.39 is 0 Å². The first-order valence-corrected chi connectivity index (χ1v) is 7.45. The maximum Gasteiger partial charge on any atom is 0.123 e. The first-order valence-electron chi connectivity index (χ1n) is 7.07. The molecule has 0 fully saturated rings. The third-order valence-corrected chi connectivity index (χ3v) is 3.37. The van der Waals surface area contributed by atoms with E-state index in [1.807, 2.05) is 43.4 Å². The highest BCUT2D eigenvalue weighted by Gasteiger charge is 2.06. The second kappa shape index (κ2) is 7.23. The molecule has 0 radical (unpaired) electrons. The summed E-state index contributed by atoms with van der Waals surface area (Å²) >= 11 is 6.02. The standard InChI is InChI=1S/C17H21ClN2O/c1-3-7-21-17-10-15(19)9-16(11-17)20(2)12-13-5-4-6-14(18)8-13/h4-6,8-11H,3,7,12,19H2,1-2H3. The first kappa shape index (κ1) is 15.5. The number of nitrogens with two attached hydrogens (primary N) is 1. The van der Waals surface area contributed by atoms with Gasteiger partial charge in [-0.05, 0) is 30.2 Å². The molecule has 112 valence electrons. The van der Waals surface area contributed by atoms with Crippen LogP contribution in [0.25, 0.3) is 0 Å². The topological polar surface area (TPSA) is 38.5 Å². The summed E-state index contributed by atoms with van der Waals surface area (Å²) < 4.78 is 5.67. The van der Waals surface area contributed by atoms with Crippen LogP contribution in [0.3, 0.4) is 0 Å². The van der Waals surface area contributed by atoms with Gasteiger partial charge in [-0.25, -0.2) is 0 Å². The molecular weight excluding hydrogens is 284 g/mol. The van der Waals surface area contributed by atoms with Gasteiger partial charge in [-0.2, -0.15) is 0 Å². The van der Waals surface area contributed by atoms with Crippen molar-refractivity contribution in [3.8, 4) is 5.75 Å². The third-order valence-electron chi connectivity index (χ3n) is 3.14. The summed E-state index contributed by atoms with van der Waals surface area (Å²) in [4.78, 5) is 2.13. The fraction of sp³-hybridized carbons (Fsp3) is 0.294. The number of halogens is 1. The van der Waals surface area contributed by atoms with Crippen molar-refractivity contribution in [2.24, 2.45) is 0 Å². The smallest absolute Gasteiger partial charge is 0.123 e. The molecule has 3 nitrogen and oxygen atoms in total. The molecule has 2 N–H and O–H groups in total. The molecule has 2 aromatic carbocycles. The molecule has 0 aliphatic rings. The van der Waals surface area contributed by atoms with Gasteiger partial charge < -0.3 is 15.4 Å². The van der Waals surface area contributed by atoms with E-state index in [0.29, 0.717) is 12.3 Å². The molecule has 21 heavy (non-hydrogen) atoms. The quantitative estimate of drug-likeness (QED) is 0.806. The molecule has 0 amide bonds. The van der Waals surface area contributed by atoms with Crippen molar-refractivity contribution >= 4 is 23.0 Å². The van der Waals surface area contributed by atoms with Crippen LogP contribution in [0.15, 0.2) is 42.5 Å². The van der Waals surface area contributed by atoms with Crippen LogP contribution in [-0.4, -0.2) is 13.7 Å². The van der Waals surface area contributed by atoms with Gasteiger partial charge in [0.2, 0.25) is 0 Å². The highest BCUT2D eigenvalue weighted by molar-refractivity contribution is 6.30. The van der Waals surface area contributed by atoms with E-state index in [1.165, 1.54) is 0 Å². The van der Waals surface area contributed by atoms with Gasteiger partial charge in [-0.3, -0.25) is 0 Å². The Labute approximate surface area is 131 Å². The average Bonchev–Trinajstić information content (AvgIpc) is 2.44. The predicted octanol–water partition coefficient (Wildman–Crippen LogP) is 4.35. The van der Waals surface area contributed by atoms with Crippen molar-refractivity contribution in [1.82, 2.24) is 0 Å². The Morgan fingerprint density at radius 2 is 2.00 bits per heavy atom. The van der Waals surface area contributed by atoms with E-state index in [4.69, 9.17) is 22.1 Å². The lowest BCUT2D eigenvalue weighted by Crippen LogP contribution is -2.16. The van der Waals surface area contributed by atoms with Crippen LogP contribution in [0.2, 0.25) is 5.02 Å². The maximum absolute atomic E-state index is 6.02. The van der Waals surface area contributed by atoms with Crippen molar-refractivity contribution in [2.75, 3.05) is 24.3 Å². The predicted molar refractivity (Wildman–Crippen MR) is 90.2 cm³/mol. The molecule has 0 saturated carbocycles. The van der Waals surface area contributed by atoms with Crippen LogP contribution >= 0.6 is 11.6 Å². The van der Waals surface area contributed by atoms with Gasteiger partial charge in [-0.15, -0.1) is 0 Å². The monoisotopic (exact) mass is 304 g/mol. The van der Waals surface area contributed by atoms with Gasteiger partial charge in [0, 0.05) is 42.1 Å². The number of benzene rings is 2. The molecular formula is C17H21ClN2O. The van der Waals surface area contributed by atoms with Crippen LogP contribution < -0.4 is 15.4 Å². The Bertz CT molecular complexity index is 601. The van der Waals surface area contributed by atoms with Crippen molar-refractivity contribution in [3.05, 3.63) is 53.1 Å². The molecule has 0 heterocycles. The fourth-order valence-electron chi connectivity index (χ4n) is 2.13. The van der Waals surface area contributed by atoms with Gasteiger partial charge >= 0.3 is 0 Å². The minimum absolute atomic E-state index is 0.695. The summed E-state index contributed by atoms with van der Waals surface area (Å²) in [5, 5.41) is 0.750. The molecule has 2 rings (SSSR count). The Hall–Kier alpha value is -1.87. The molecule has 2 aromatic rings. The van der Waals surface area contributed by atoms with Gasteiger partial charge in [0.1, 0.15) is 5.75 Å². The lowest BCUT2D eigenvalue weighted by atomic mass is 10.2. The van der Waals surface area contributed by atoms with Crippen molar-refractivity contribution in [2.45, 2.75) is 19.9 Å². The summed E-state index contributed by atoms with van der Waals surface area (Å²) in [7, 11) is 2.03. The van der Waals surface area contributed by atoms with E-state index in [1.54, 1.807) is 0 Å². The van der Waals surface area contributed by atoms with E-state index in [9.17, 15) is 0 Å². The number of nitrogen functional groups attached to an aromatic ring is 1. The molecule has 0 atom stereocenters. The lowest BCUT2D eigenvalue weighted by molar-refractivity contribution is 0.317. The Balaban J connectivity index is 2.14. The SMILES string of the molecule is CCCOc1cc(N)cc(N(C)Cc2cccc(Cl)c2)c1. The van der Waals surface area contributed by atoms with Crippen molar-refractivity contribution < 1.29 is 4.74 Å². The summed E-state index contributed by atoms with van der Waals surface area (Å²) in [6, 6.07) is 13.7. The van der Waals surface area contributed by atoms with Gasteiger partial charge in [0.15, 0.2) is 0 Å². The molecule has 0 aliphatic heterocycles. The largest absolute Gasteiger partial charge is 0.493 e. The Morgan fingerprint density at radius 3 is 2.71 bits per heavy atom. The molecule has 0 aliphatic carbocycles. The normalized spacial score (nSPS) is 10.4. The molecule has 4 heteroatoms. The fourth-order valence-corrected chi connectivity index (χ4v) is 2.34. The molecule has 0 unspecified atom stereocenters. The summed E-state index contributed by atoms with van der Waals surface area (Å²) in [5.41, 5.74) is 8.85. The zero-order valence-corrected chi connectivity index (χ0v) is 13.2. The number of anilines is 2. The van der Waals surface area contributed by atoms with Crippen molar-refractivity contribution in [3.63, 3.8) is 0 Å². The number of rotatable bonds is 6. The van der Waals surface area contributed by atoms with E-state index in [2.05, 4.69) is 17.9 Å². The minimum atomic E-state index is 0.695. The average molecular weight is 305 g/mol. The summed E-state index contributed by atoms with van der Waals surface area (Å²) in [6.45, 7) is 3.54. The minimum Gasteiger partial charge on any atom is -0.493 e. The molecule has 0 bridgehead atoms. The molecule has 0 aromatic heterocycles. The molecule has 0 saturated heterocycles. The van der Waals surface area contributed by atoms with E-state index in [0.717, 1.165) is 35.0 Å². The Morgan fingerprint density at radius 1 is 1.19 bits per heavy atom. The highest BCUT2D eigenvalue weighted by Crippen LogP contribution is 2.26. The second-order valence-corrected chi connectivity index (χ2v) is 5.53. The molecule has 0 spiro atoms. The van der Waals surface area contributed by atoms with Crippen LogP contribution in [0.5, 0.6) is 5.75 Å². The van der Waals surface area contributed by atoms with Gasteiger partial charge in [0.05, 0.1) is 6.61 Å². The first-order chi connectivity index (χ1) is 10.1. The zero-order valence-electron chi connectivity index (χ0n) is 12.5. The van der Waals surface area contributed by atoms with Crippen LogP contribution in [0.1, 0.15) is 18.9 Å². The van der Waals surface area contributed by atoms with Crippen molar-refractivity contribution in [1.29, 1.82) is 0 Å².